The number of para-hydroxylation sites is 1. The second-order valence-electron chi connectivity index (χ2n) is 5.64. The number of nitrogens with zero attached hydrogens (tertiary/aromatic N) is 1. The third-order valence-corrected chi connectivity index (χ3v) is 4.21. The van der Waals surface area contributed by atoms with Crippen LogP contribution in [0.2, 0.25) is 0 Å². The van der Waals surface area contributed by atoms with Gasteiger partial charge in [0.05, 0.1) is 12.7 Å². The lowest BCUT2D eigenvalue weighted by Gasteiger charge is -2.28. The number of nitrogens with one attached hydrogen (secondary N) is 1. The largest absolute Gasteiger partial charge is 0.496 e. The van der Waals surface area contributed by atoms with E-state index in [1.165, 1.54) is 0 Å². The lowest BCUT2D eigenvalue weighted by Crippen LogP contribution is -2.34. The number of anilines is 2. The highest BCUT2D eigenvalue weighted by Crippen LogP contribution is 2.30. The van der Waals surface area contributed by atoms with Crippen LogP contribution in [0.3, 0.4) is 0 Å². The first kappa shape index (κ1) is 16.1. The maximum atomic E-state index is 12.5. The molecule has 1 N–H and O–H groups in total. The molecule has 3 rings (SSSR count). The molecule has 24 heavy (non-hydrogen) atoms. The first-order chi connectivity index (χ1) is 11.6. The first-order valence-electron chi connectivity index (χ1n) is 8.01. The summed E-state index contributed by atoms with van der Waals surface area (Å²) in [6.07, 6.45) is 1.20. The number of carbonyl (C=O) groups excluding carboxylic acids is 2. The second-order valence-corrected chi connectivity index (χ2v) is 5.64. The average molecular weight is 324 g/mol. The fraction of sp³-hybridized carbons (Fsp3) is 0.263. The van der Waals surface area contributed by atoms with Crippen molar-refractivity contribution in [1.82, 2.24) is 0 Å². The summed E-state index contributed by atoms with van der Waals surface area (Å²) in [6.45, 7) is 2.61. The molecule has 0 aliphatic carbocycles. The Morgan fingerprint density at radius 3 is 2.75 bits per heavy atom. The Hall–Kier alpha value is -2.82. The van der Waals surface area contributed by atoms with Gasteiger partial charge in [0, 0.05) is 24.3 Å². The van der Waals surface area contributed by atoms with Crippen LogP contribution in [0.4, 0.5) is 11.4 Å². The molecule has 1 aliphatic rings. The van der Waals surface area contributed by atoms with E-state index >= 15 is 0 Å². The Morgan fingerprint density at radius 1 is 1.21 bits per heavy atom. The lowest BCUT2D eigenvalue weighted by molar-refractivity contribution is -0.118. The summed E-state index contributed by atoms with van der Waals surface area (Å²) < 4.78 is 5.23. The molecule has 0 bridgehead atoms. The van der Waals surface area contributed by atoms with Crippen molar-refractivity contribution in [2.24, 2.45) is 0 Å². The maximum absolute atomic E-state index is 12.5. The van der Waals surface area contributed by atoms with Crippen molar-refractivity contribution < 1.29 is 14.3 Å². The van der Waals surface area contributed by atoms with E-state index in [2.05, 4.69) is 5.32 Å². The molecule has 0 radical (unpaired) electrons. The molecular weight excluding hydrogens is 304 g/mol. The van der Waals surface area contributed by atoms with Crippen LogP contribution < -0.4 is 15.0 Å². The van der Waals surface area contributed by atoms with Gasteiger partial charge in [0.25, 0.3) is 5.91 Å². The molecule has 0 spiro atoms. The number of hydrogen-bond donors (Lipinski definition) is 1. The number of carbonyl (C=O) groups is 2. The monoisotopic (exact) mass is 324 g/mol. The summed E-state index contributed by atoms with van der Waals surface area (Å²) in [5.41, 5.74) is 3.22. The maximum Gasteiger partial charge on any atom is 0.259 e. The number of hydrogen-bond acceptors (Lipinski definition) is 3. The van der Waals surface area contributed by atoms with Gasteiger partial charge < -0.3 is 15.0 Å². The van der Waals surface area contributed by atoms with E-state index in [1.54, 1.807) is 30.2 Å². The number of amides is 2. The second kappa shape index (κ2) is 6.74. The van der Waals surface area contributed by atoms with Gasteiger partial charge in [-0.25, -0.2) is 0 Å². The fourth-order valence-corrected chi connectivity index (χ4v) is 3.02. The van der Waals surface area contributed by atoms with Gasteiger partial charge in [-0.2, -0.15) is 0 Å². The van der Waals surface area contributed by atoms with Crippen molar-refractivity contribution in [3.8, 4) is 5.75 Å². The average Bonchev–Trinajstić information content (AvgIpc) is 2.61. The Bertz CT molecular complexity index is 786. The Morgan fingerprint density at radius 2 is 2.00 bits per heavy atom. The molecule has 0 atom stereocenters. The van der Waals surface area contributed by atoms with E-state index < -0.39 is 0 Å². The first-order valence-corrected chi connectivity index (χ1v) is 8.01. The van der Waals surface area contributed by atoms with Crippen LogP contribution in [0.25, 0.3) is 0 Å². The van der Waals surface area contributed by atoms with Crippen molar-refractivity contribution in [1.29, 1.82) is 0 Å². The predicted molar refractivity (Wildman–Crippen MR) is 93.7 cm³/mol. The molecule has 0 unspecified atom stereocenters. The normalized spacial score (nSPS) is 13.4. The number of methoxy groups -OCH3 is 1. The predicted octanol–water partition coefficient (Wildman–Crippen LogP) is 3.25. The number of aryl methyl sites for hydroxylation is 1. The van der Waals surface area contributed by atoms with Gasteiger partial charge in [-0.3, -0.25) is 9.59 Å². The van der Waals surface area contributed by atoms with Gasteiger partial charge in [0.1, 0.15) is 5.75 Å². The van der Waals surface area contributed by atoms with Crippen LogP contribution in [0.5, 0.6) is 5.75 Å². The quantitative estimate of drug-likeness (QED) is 0.939. The minimum absolute atomic E-state index is 0.149. The van der Waals surface area contributed by atoms with Crippen molar-refractivity contribution in [2.45, 2.75) is 19.8 Å². The molecule has 2 aromatic rings. The van der Waals surface area contributed by atoms with Gasteiger partial charge >= 0.3 is 0 Å². The Labute approximate surface area is 141 Å². The van der Waals surface area contributed by atoms with E-state index in [9.17, 15) is 9.59 Å². The van der Waals surface area contributed by atoms with Gasteiger partial charge in [-0.1, -0.05) is 12.1 Å². The fourth-order valence-electron chi connectivity index (χ4n) is 3.02. The molecule has 1 aliphatic heterocycles. The smallest absolute Gasteiger partial charge is 0.259 e. The highest BCUT2D eigenvalue weighted by molar-refractivity contribution is 6.06. The molecule has 1 heterocycles. The van der Waals surface area contributed by atoms with E-state index in [0.29, 0.717) is 30.7 Å². The van der Waals surface area contributed by atoms with Gasteiger partial charge in [-0.05, 0) is 49.2 Å². The molecule has 0 saturated carbocycles. The third kappa shape index (κ3) is 2.97. The highest BCUT2D eigenvalue weighted by atomic mass is 16.5. The molecule has 5 nitrogen and oxygen atoms in total. The molecule has 0 saturated heterocycles. The van der Waals surface area contributed by atoms with Gasteiger partial charge in [-0.15, -0.1) is 0 Å². The van der Waals surface area contributed by atoms with Crippen molar-refractivity contribution >= 4 is 23.2 Å². The molecule has 2 aromatic carbocycles. The highest BCUT2D eigenvalue weighted by Gasteiger charge is 2.23. The van der Waals surface area contributed by atoms with E-state index in [0.717, 1.165) is 16.9 Å². The van der Waals surface area contributed by atoms with E-state index in [1.807, 2.05) is 31.2 Å². The summed E-state index contributed by atoms with van der Waals surface area (Å²) >= 11 is 0. The van der Waals surface area contributed by atoms with Gasteiger partial charge in [0.2, 0.25) is 5.91 Å². The standard InChI is InChI=1S/C19H20N2O3/c1-3-21-16-10-9-14(12-13(16)8-11-18(21)22)20-19(23)15-6-4-5-7-17(15)24-2/h4-7,9-10,12H,3,8,11H2,1-2H3,(H,20,23). The van der Waals surface area contributed by atoms with Crippen LogP contribution in [-0.2, 0) is 11.2 Å². The summed E-state index contributed by atoms with van der Waals surface area (Å²) in [4.78, 5) is 26.2. The van der Waals surface area contributed by atoms with Crippen LogP contribution in [-0.4, -0.2) is 25.5 Å². The zero-order valence-corrected chi connectivity index (χ0v) is 13.8. The summed E-state index contributed by atoms with van der Waals surface area (Å²) in [7, 11) is 1.54. The number of ether oxygens (including phenoxy) is 1. The van der Waals surface area contributed by atoms with Crippen LogP contribution in [0.1, 0.15) is 29.3 Å². The minimum Gasteiger partial charge on any atom is -0.496 e. The topological polar surface area (TPSA) is 58.6 Å². The Balaban J connectivity index is 1.84. The van der Waals surface area contributed by atoms with Crippen molar-refractivity contribution in [3.63, 3.8) is 0 Å². The van der Waals surface area contributed by atoms with E-state index in [-0.39, 0.29) is 11.8 Å². The number of fused-ring (bicyclic) bond motifs is 1. The third-order valence-electron chi connectivity index (χ3n) is 4.21. The van der Waals surface area contributed by atoms with Crippen LogP contribution >= 0.6 is 0 Å². The van der Waals surface area contributed by atoms with Crippen LogP contribution in [0.15, 0.2) is 42.5 Å². The van der Waals surface area contributed by atoms with E-state index in [4.69, 9.17) is 4.74 Å². The molecule has 124 valence electrons. The minimum atomic E-state index is -0.216. The SMILES string of the molecule is CCN1C(=O)CCc2cc(NC(=O)c3ccccc3OC)ccc21. The van der Waals surface area contributed by atoms with Crippen molar-refractivity contribution in [2.75, 3.05) is 23.9 Å². The lowest BCUT2D eigenvalue weighted by atomic mass is 10.0. The molecule has 0 fully saturated rings. The molecular formula is C19H20N2O3. The molecule has 0 aromatic heterocycles. The summed E-state index contributed by atoms with van der Waals surface area (Å²) in [5, 5.41) is 2.90. The summed E-state index contributed by atoms with van der Waals surface area (Å²) in [6, 6.07) is 12.8. The van der Waals surface area contributed by atoms with Gasteiger partial charge in [0.15, 0.2) is 0 Å². The van der Waals surface area contributed by atoms with Crippen LogP contribution in [0, 0.1) is 0 Å². The summed E-state index contributed by atoms with van der Waals surface area (Å²) in [5.74, 6) is 0.471. The number of rotatable bonds is 4. The Kier molecular flexibility index (Phi) is 4.51. The molecule has 2 amide bonds. The molecule has 5 heteroatoms. The zero-order chi connectivity index (χ0) is 17.1. The van der Waals surface area contributed by atoms with Crippen molar-refractivity contribution in [3.05, 3.63) is 53.6 Å². The zero-order valence-electron chi connectivity index (χ0n) is 13.8. The number of benzene rings is 2.